The number of rotatable bonds is 1. The summed E-state index contributed by atoms with van der Waals surface area (Å²) in [5.74, 6) is -0.703. The van der Waals surface area contributed by atoms with E-state index in [4.69, 9.17) is 17.3 Å². The van der Waals surface area contributed by atoms with Gasteiger partial charge in [-0.15, -0.1) is 0 Å². The second kappa shape index (κ2) is 3.73. The fourth-order valence-electron chi connectivity index (χ4n) is 1.12. The van der Waals surface area contributed by atoms with Gasteiger partial charge < -0.3 is 5.73 Å². The first-order chi connectivity index (χ1) is 6.73. The van der Waals surface area contributed by atoms with E-state index in [0.717, 1.165) is 13.0 Å². The third-order valence-electron chi connectivity index (χ3n) is 1.82. The van der Waals surface area contributed by atoms with Gasteiger partial charge in [0.25, 0.3) is 0 Å². The number of halogens is 4. The number of carbonyl (C=O) groups excluding carboxylic acids is 1. The SMILES string of the molecule is CC(=O)c1cc(N)c(Cl)cc1C(F)(F)F. The van der Waals surface area contributed by atoms with Crippen LogP contribution < -0.4 is 5.73 Å². The van der Waals surface area contributed by atoms with Gasteiger partial charge in [-0.1, -0.05) is 11.6 Å². The first kappa shape index (κ1) is 11.8. The molecule has 0 saturated heterocycles. The van der Waals surface area contributed by atoms with E-state index in [9.17, 15) is 18.0 Å². The fraction of sp³-hybridized carbons (Fsp3) is 0.222. The van der Waals surface area contributed by atoms with Crippen molar-refractivity contribution in [1.29, 1.82) is 0 Å². The molecule has 0 aromatic heterocycles. The summed E-state index contributed by atoms with van der Waals surface area (Å²) in [6.07, 6.45) is -4.61. The molecule has 82 valence electrons. The number of anilines is 1. The highest BCUT2D eigenvalue weighted by Gasteiger charge is 2.35. The van der Waals surface area contributed by atoms with Crippen molar-refractivity contribution in [3.8, 4) is 0 Å². The third kappa shape index (κ3) is 2.41. The molecule has 0 bridgehead atoms. The third-order valence-corrected chi connectivity index (χ3v) is 2.15. The Labute approximate surface area is 88.8 Å². The van der Waals surface area contributed by atoms with E-state index in [2.05, 4.69) is 0 Å². The van der Waals surface area contributed by atoms with Gasteiger partial charge in [0, 0.05) is 5.56 Å². The molecule has 0 radical (unpaired) electrons. The van der Waals surface area contributed by atoms with Gasteiger partial charge in [-0.2, -0.15) is 13.2 Å². The van der Waals surface area contributed by atoms with Gasteiger partial charge >= 0.3 is 6.18 Å². The number of nitrogens with two attached hydrogens (primary N) is 1. The van der Waals surface area contributed by atoms with Crippen molar-refractivity contribution < 1.29 is 18.0 Å². The van der Waals surface area contributed by atoms with E-state index in [0.29, 0.717) is 6.07 Å². The van der Waals surface area contributed by atoms with Crippen molar-refractivity contribution >= 4 is 23.1 Å². The van der Waals surface area contributed by atoms with Crippen LogP contribution in [0.25, 0.3) is 0 Å². The van der Waals surface area contributed by atoms with Crippen LogP contribution in [0, 0.1) is 0 Å². The zero-order valence-electron chi connectivity index (χ0n) is 7.65. The molecule has 1 aromatic rings. The van der Waals surface area contributed by atoms with Crippen LogP contribution >= 0.6 is 11.6 Å². The van der Waals surface area contributed by atoms with Crippen molar-refractivity contribution in [2.24, 2.45) is 0 Å². The van der Waals surface area contributed by atoms with E-state index in [1.54, 1.807) is 0 Å². The second-order valence-electron chi connectivity index (χ2n) is 2.97. The maximum atomic E-state index is 12.5. The molecule has 1 rings (SSSR count). The molecule has 2 nitrogen and oxygen atoms in total. The highest BCUT2D eigenvalue weighted by atomic mass is 35.5. The van der Waals surface area contributed by atoms with Crippen molar-refractivity contribution in [2.45, 2.75) is 13.1 Å². The smallest absolute Gasteiger partial charge is 0.398 e. The van der Waals surface area contributed by atoms with Gasteiger partial charge in [0.05, 0.1) is 16.3 Å². The quantitative estimate of drug-likeness (QED) is 0.602. The number of hydrogen-bond acceptors (Lipinski definition) is 2. The summed E-state index contributed by atoms with van der Waals surface area (Å²) in [7, 11) is 0. The van der Waals surface area contributed by atoms with Gasteiger partial charge in [0.1, 0.15) is 0 Å². The summed E-state index contributed by atoms with van der Waals surface area (Å²) in [4.78, 5) is 11.0. The normalized spacial score (nSPS) is 11.5. The maximum absolute atomic E-state index is 12.5. The van der Waals surface area contributed by atoms with Gasteiger partial charge in [-0.05, 0) is 19.1 Å². The first-order valence-corrected chi connectivity index (χ1v) is 4.28. The topological polar surface area (TPSA) is 43.1 Å². The molecule has 2 N–H and O–H groups in total. The number of nitrogen functional groups attached to an aromatic ring is 1. The summed E-state index contributed by atoms with van der Waals surface area (Å²) in [6.45, 7) is 1.04. The van der Waals surface area contributed by atoms with Crippen LogP contribution in [0.4, 0.5) is 18.9 Å². The zero-order chi connectivity index (χ0) is 11.8. The number of Topliss-reactive ketones (excluding diaryl/α,β-unsaturated/α-hetero) is 1. The molecule has 0 aliphatic rings. The molecule has 6 heteroatoms. The fourth-order valence-corrected chi connectivity index (χ4v) is 1.28. The molecule has 1 aromatic carbocycles. The Hall–Kier alpha value is -1.23. The monoisotopic (exact) mass is 237 g/mol. The summed E-state index contributed by atoms with van der Waals surface area (Å²) >= 11 is 5.46. The van der Waals surface area contributed by atoms with Crippen molar-refractivity contribution in [2.75, 3.05) is 5.73 Å². The van der Waals surface area contributed by atoms with E-state index in [1.807, 2.05) is 0 Å². The molecular formula is C9H7ClF3NO. The Morgan fingerprint density at radius 2 is 1.93 bits per heavy atom. The molecular weight excluding hydrogens is 231 g/mol. The lowest BCUT2D eigenvalue weighted by Gasteiger charge is -2.12. The molecule has 15 heavy (non-hydrogen) atoms. The Morgan fingerprint density at radius 1 is 1.40 bits per heavy atom. The molecule has 0 saturated carbocycles. The maximum Gasteiger partial charge on any atom is 0.417 e. The largest absolute Gasteiger partial charge is 0.417 e. The molecule has 0 atom stereocenters. The summed E-state index contributed by atoms with van der Waals surface area (Å²) < 4.78 is 37.4. The molecule has 0 aliphatic carbocycles. The first-order valence-electron chi connectivity index (χ1n) is 3.90. The van der Waals surface area contributed by atoms with Crippen molar-refractivity contribution in [3.05, 3.63) is 28.3 Å². The van der Waals surface area contributed by atoms with Gasteiger partial charge in [-0.3, -0.25) is 4.79 Å². The predicted molar refractivity (Wildman–Crippen MR) is 50.9 cm³/mol. The highest BCUT2D eigenvalue weighted by Crippen LogP contribution is 2.36. The Balaban J connectivity index is 3.49. The van der Waals surface area contributed by atoms with E-state index < -0.39 is 23.1 Å². The lowest BCUT2D eigenvalue weighted by molar-refractivity contribution is -0.137. The average molecular weight is 238 g/mol. The molecule has 0 aliphatic heterocycles. The Bertz CT molecular complexity index is 415. The van der Waals surface area contributed by atoms with Crippen LogP contribution in [0.1, 0.15) is 22.8 Å². The van der Waals surface area contributed by atoms with Crippen molar-refractivity contribution in [3.63, 3.8) is 0 Å². The number of carbonyl (C=O) groups is 1. The highest BCUT2D eigenvalue weighted by molar-refractivity contribution is 6.33. The van der Waals surface area contributed by atoms with E-state index >= 15 is 0 Å². The Kier molecular flexibility index (Phi) is 2.95. The second-order valence-corrected chi connectivity index (χ2v) is 3.38. The standard InChI is InChI=1S/C9H7ClF3NO/c1-4(15)5-2-8(14)7(10)3-6(5)9(11,12)13/h2-3H,14H2,1H3. The lowest BCUT2D eigenvalue weighted by atomic mass is 10.0. The van der Waals surface area contributed by atoms with E-state index in [1.165, 1.54) is 0 Å². The predicted octanol–water partition coefficient (Wildman–Crippen LogP) is 3.14. The van der Waals surface area contributed by atoms with Crippen LogP contribution in [0.5, 0.6) is 0 Å². The number of alkyl halides is 3. The summed E-state index contributed by atoms with van der Waals surface area (Å²) in [6, 6.07) is 1.60. The van der Waals surface area contributed by atoms with Crippen LogP contribution in [-0.4, -0.2) is 5.78 Å². The van der Waals surface area contributed by atoms with Crippen LogP contribution in [0.15, 0.2) is 12.1 Å². The minimum Gasteiger partial charge on any atom is -0.398 e. The molecule has 0 fully saturated rings. The minimum absolute atomic E-state index is 0.0464. The zero-order valence-corrected chi connectivity index (χ0v) is 8.41. The number of ketones is 1. The molecule has 0 heterocycles. The van der Waals surface area contributed by atoms with Gasteiger partial charge in [-0.25, -0.2) is 0 Å². The van der Waals surface area contributed by atoms with E-state index in [-0.39, 0.29) is 10.7 Å². The number of hydrogen-bond donors (Lipinski definition) is 1. The lowest BCUT2D eigenvalue weighted by Crippen LogP contribution is -2.12. The van der Waals surface area contributed by atoms with Gasteiger partial charge in [0.2, 0.25) is 0 Å². The number of benzene rings is 1. The average Bonchev–Trinajstić information content (AvgIpc) is 2.06. The molecule has 0 amide bonds. The molecule has 0 spiro atoms. The summed E-state index contributed by atoms with van der Waals surface area (Å²) in [5, 5.41) is -0.215. The summed E-state index contributed by atoms with van der Waals surface area (Å²) in [5.41, 5.74) is 3.74. The molecule has 0 unspecified atom stereocenters. The Morgan fingerprint density at radius 3 is 2.33 bits per heavy atom. The van der Waals surface area contributed by atoms with Gasteiger partial charge in [0.15, 0.2) is 5.78 Å². The van der Waals surface area contributed by atoms with Crippen molar-refractivity contribution in [1.82, 2.24) is 0 Å². The minimum atomic E-state index is -4.61. The van der Waals surface area contributed by atoms with Crippen LogP contribution in [-0.2, 0) is 6.18 Å². The van der Waals surface area contributed by atoms with Crippen LogP contribution in [0.3, 0.4) is 0 Å². The van der Waals surface area contributed by atoms with Crippen LogP contribution in [0.2, 0.25) is 5.02 Å².